The van der Waals surface area contributed by atoms with Gasteiger partial charge in [0.1, 0.15) is 17.6 Å². The Morgan fingerprint density at radius 3 is 2.58 bits per heavy atom. The van der Waals surface area contributed by atoms with Gasteiger partial charge in [0.15, 0.2) is 0 Å². The van der Waals surface area contributed by atoms with E-state index in [1.165, 1.54) is 0 Å². The van der Waals surface area contributed by atoms with Crippen molar-refractivity contribution in [3.05, 3.63) is 57.6 Å². The predicted octanol–water partition coefficient (Wildman–Crippen LogP) is 5.55. The summed E-state index contributed by atoms with van der Waals surface area (Å²) in [6.45, 7) is 0. The van der Waals surface area contributed by atoms with Gasteiger partial charge in [-0.05, 0) is 29.8 Å². The van der Waals surface area contributed by atoms with Crippen molar-refractivity contribution in [1.82, 2.24) is 0 Å². The molecule has 19 heavy (non-hydrogen) atoms. The van der Waals surface area contributed by atoms with E-state index in [1.54, 1.807) is 30.3 Å². The molecule has 0 radical (unpaired) electrons. The van der Waals surface area contributed by atoms with Crippen molar-refractivity contribution in [1.29, 1.82) is 5.26 Å². The highest BCUT2D eigenvalue weighted by Crippen LogP contribution is 2.33. The van der Waals surface area contributed by atoms with E-state index in [0.29, 0.717) is 32.4 Å². The molecule has 2 aromatic carbocycles. The van der Waals surface area contributed by atoms with E-state index in [1.807, 2.05) is 6.07 Å². The average Bonchev–Trinajstić information content (AvgIpc) is 2.43. The van der Waals surface area contributed by atoms with Gasteiger partial charge in [0.25, 0.3) is 0 Å². The number of alkyl halides is 1. The monoisotopic (exact) mass is 355 g/mol. The van der Waals surface area contributed by atoms with Crippen LogP contribution < -0.4 is 4.74 Å². The molecule has 0 saturated carbocycles. The van der Waals surface area contributed by atoms with Crippen molar-refractivity contribution in [2.75, 3.05) is 0 Å². The topological polar surface area (TPSA) is 33.0 Å². The molecule has 0 heterocycles. The van der Waals surface area contributed by atoms with E-state index in [-0.39, 0.29) is 0 Å². The number of benzene rings is 2. The molecule has 0 aromatic heterocycles. The van der Waals surface area contributed by atoms with Gasteiger partial charge in [0, 0.05) is 16.4 Å². The smallest absolute Gasteiger partial charge is 0.147 e. The summed E-state index contributed by atoms with van der Waals surface area (Å²) in [6.07, 6.45) is 0. The maximum absolute atomic E-state index is 9.14. The van der Waals surface area contributed by atoms with Crippen LogP contribution in [0, 0.1) is 11.3 Å². The summed E-state index contributed by atoms with van der Waals surface area (Å²) in [6, 6.07) is 12.4. The van der Waals surface area contributed by atoms with E-state index < -0.39 is 0 Å². The van der Waals surface area contributed by atoms with Gasteiger partial charge in [-0.15, -0.1) is 0 Å². The Morgan fingerprint density at radius 1 is 1.11 bits per heavy atom. The van der Waals surface area contributed by atoms with Crippen LogP contribution in [-0.2, 0) is 5.33 Å². The average molecular weight is 357 g/mol. The van der Waals surface area contributed by atoms with Gasteiger partial charge in [-0.1, -0.05) is 45.2 Å². The molecule has 0 bridgehead atoms. The van der Waals surface area contributed by atoms with Crippen LogP contribution in [0.3, 0.4) is 0 Å². The first-order valence-electron chi connectivity index (χ1n) is 5.36. The Labute approximate surface area is 129 Å². The Kier molecular flexibility index (Phi) is 4.71. The van der Waals surface area contributed by atoms with E-state index in [4.69, 9.17) is 33.2 Å². The first kappa shape index (κ1) is 14.2. The normalized spacial score (nSPS) is 10.0. The minimum atomic E-state index is 0.428. The van der Waals surface area contributed by atoms with Gasteiger partial charge in [-0.2, -0.15) is 5.26 Å². The minimum absolute atomic E-state index is 0.428. The lowest BCUT2D eigenvalue weighted by Gasteiger charge is -2.10. The van der Waals surface area contributed by atoms with Crippen LogP contribution in [0.15, 0.2) is 36.4 Å². The predicted molar refractivity (Wildman–Crippen MR) is 80.3 cm³/mol. The molecule has 2 aromatic rings. The minimum Gasteiger partial charge on any atom is -0.454 e. The van der Waals surface area contributed by atoms with Crippen molar-refractivity contribution in [2.24, 2.45) is 0 Å². The van der Waals surface area contributed by atoms with E-state index in [9.17, 15) is 0 Å². The summed E-state index contributed by atoms with van der Waals surface area (Å²) in [7, 11) is 0. The molecule has 0 fully saturated rings. The Balaban J connectivity index is 2.38. The quantitative estimate of drug-likeness (QED) is 0.675. The van der Waals surface area contributed by atoms with Gasteiger partial charge in [0.05, 0.1) is 10.6 Å². The number of ether oxygens (including phenoxy) is 1. The summed E-state index contributed by atoms with van der Waals surface area (Å²) in [5, 5.41) is 10.8. The fourth-order valence-electron chi connectivity index (χ4n) is 1.51. The van der Waals surface area contributed by atoms with Crippen molar-refractivity contribution >= 4 is 39.1 Å². The summed E-state index contributed by atoms with van der Waals surface area (Å²) in [5.74, 6) is 0.883. The molecular weight excluding hydrogens is 349 g/mol. The number of nitriles is 1. The van der Waals surface area contributed by atoms with Gasteiger partial charge < -0.3 is 4.74 Å². The fourth-order valence-corrected chi connectivity index (χ4v) is 2.18. The molecule has 96 valence electrons. The molecule has 0 aliphatic carbocycles. The number of hydrogen-bond donors (Lipinski definition) is 0. The molecule has 5 heteroatoms. The molecule has 2 nitrogen and oxygen atoms in total. The SMILES string of the molecule is N#Cc1cc(CBr)ccc1Oc1cc(Cl)ccc1Cl. The van der Waals surface area contributed by atoms with E-state index in [0.717, 1.165) is 5.56 Å². The van der Waals surface area contributed by atoms with Crippen LogP contribution >= 0.6 is 39.1 Å². The molecule has 0 amide bonds. The molecule has 0 N–H and O–H groups in total. The third-order valence-electron chi connectivity index (χ3n) is 2.43. The molecule has 0 unspecified atom stereocenters. The second-order valence-electron chi connectivity index (χ2n) is 3.75. The summed E-state index contributed by atoms with van der Waals surface area (Å²) < 4.78 is 5.66. The largest absolute Gasteiger partial charge is 0.454 e. The highest BCUT2D eigenvalue weighted by atomic mass is 79.9. The zero-order valence-electron chi connectivity index (χ0n) is 9.66. The van der Waals surface area contributed by atoms with Gasteiger partial charge in [-0.25, -0.2) is 0 Å². The van der Waals surface area contributed by atoms with Crippen LogP contribution in [-0.4, -0.2) is 0 Å². The lowest BCUT2D eigenvalue weighted by atomic mass is 10.1. The highest BCUT2D eigenvalue weighted by Gasteiger charge is 2.09. The Morgan fingerprint density at radius 2 is 1.89 bits per heavy atom. The number of halogens is 3. The summed E-state index contributed by atoms with van der Waals surface area (Å²) in [4.78, 5) is 0. The van der Waals surface area contributed by atoms with Crippen LogP contribution in [0.1, 0.15) is 11.1 Å². The third-order valence-corrected chi connectivity index (χ3v) is 3.63. The summed E-state index contributed by atoms with van der Waals surface area (Å²) in [5.41, 5.74) is 1.45. The molecule has 2 rings (SSSR count). The van der Waals surface area contributed by atoms with Crippen LogP contribution in [0.4, 0.5) is 0 Å². The second kappa shape index (κ2) is 6.29. The van der Waals surface area contributed by atoms with Crippen LogP contribution in [0.5, 0.6) is 11.5 Å². The number of hydrogen-bond acceptors (Lipinski definition) is 2. The maximum atomic E-state index is 9.14. The Bertz CT molecular complexity index is 652. The highest BCUT2D eigenvalue weighted by molar-refractivity contribution is 9.08. The molecule has 0 spiro atoms. The van der Waals surface area contributed by atoms with Crippen molar-refractivity contribution in [3.8, 4) is 17.6 Å². The van der Waals surface area contributed by atoms with Crippen molar-refractivity contribution in [2.45, 2.75) is 5.33 Å². The van der Waals surface area contributed by atoms with Crippen molar-refractivity contribution < 1.29 is 4.74 Å². The molecule has 0 aliphatic heterocycles. The van der Waals surface area contributed by atoms with Gasteiger partial charge in [0.2, 0.25) is 0 Å². The second-order valence-corrected chi connectivity index (χ2v) is 5.16. The molecule has 0 saturated heterocycles. The third kappa shape index (κ3) is 3.42. The zero-order valence-corrected chi connectivity index (χ0v) is 12.8. The van der Waals surface area contributed by atoms with E-state index in [2.05, 4.69) is 22.0 Å². The molecular formula is C14H8BrCl2NO. The first-order chi connectivity index (χ1) is 9.13. The van der Waals surface area contributed by atoms with Gasteiger partial charge >= 0.3 is 0 Å². The Hall–Kier alpha value is -1.21. The van der Waals surface area contributed by atoms with Crippen molar-refractivity contribution in [3.63, 3.8) is 0 Å². The number of nitrogens with zero attached hydrogens (tertiary/aromatic N) is 1. The van der Waals surface area contributed by atoms with Crippen LogP contribution in [0.2, 0.25) is 10.0 Å². The molecule has 0 aliphatic rings. The lowest BCUT2D eigenvalue weighted by molar-refractivity contribution is 0.481. The summed E-state index contributed by atoms with van der Waals surface area (Å²) >= 11 is 15.3. The van der Waals surface area contributed by atoms with E-state index >= 15 is 0 Å². The lowest BCUT2D eigenvalue weighted by Crippen LogP contribution is -1.91. The first-order valence-corrected chi connectivity index (χ1v) is 7.23. The van der Waals surface area contributed by atoms with Gasteiger partial charge in [-0.3, -0.25) is 0 Å². The fraction of sp³-hybridized carbons (Fsp3) is 0.0714. The standard InChI is InChI=1S/C14H8BrCl2NO/c15-7-9-1-4-13(10(5-9)8-18)19-14-6-11(16)2-3-12(14)17/h1-6H,7H2. The zero-order chi connectivity index (χ0) is 13.8. The maximum Gasteiger partial charge on any atom is 0.147 e. The number of rotatable bonds is 3. The molecule has 0 atom stereocenters. The van der Waals surface area contributed by atoms with Crippen LogP contribution in [0.25, 0.3) is 0 Å².